The molecule has 1 saturated heterocycles. The fraction of sp³-hybridized carbons (Fsp3) is 0.811. The zero-order valence-corrected chi connectivity index (χ0v) is 26.3. The molecule has 0 amide bonds. The summed E-state index contributed by atoms with van der Waals surface area (Å²) < 4.78 is 12.1. The van der Waals surface area contributed by atoms with Crippen molar-refractivity contribution in [3.05, 3.63) is 35.9 Å². The molecule has 6 rings (SSSR count). The third kappa shape index (κ3) is 5.43. The van der Waals surface area contributed by atoms with Crippen LogP contribution in [-0.4, -0.2) is 36.0 Å². The number of carbonyl (C=O) groups excluding carboxylic acids is 1. The van der Waals surface area contributed by atoms with Gasteiger partial charge in [0.25, 0.3) is 0 Å². The molecule has 1 aromatic rings. The summed E-state index contributed by atoms with van der Waals surface area (Å²) in [5.74, 6) is 4.47. The van der Waals surface area contributed by atoms with E-state index in [1.54, 1.807) is 0 Å². The Bertz CT molecular complexity index is 1050. The predicted octanol–water partition coefficient (Wildman–Crippen LogP) is 8.46. The first kappa shape index (κ1) is 29.7. The second-order valence-electron chi connectivity index (χ2n) is 15.6. The highest BCUT2D eigenvalue weighted by molar-refractivity contribution is 5.89. The van der Waals surface area contributed by atoms with Gasteiger partial charge in [0.15, 0.2) is 0 Å². The van der Waals surface area contributed by atoms with Gasteiger partial charge in [-0.15, -0.1) is 0 Å². The van der Waals surface area contributed by atoms with Crippen LogP contribution in [0, 0.1) is 52.3 Å². The summed E-state index contributed by atoms with van der Waals surface area (Å²) >= 11 is 0. The molecule has 41 heavy (non-hydrogen) atoms. The second kappa shape index (κ2) is 11.6. The van der Waals surface area contributed by atoms with E-state index in [0.717, 1.165) is 69.5 Å². The molecule has 5 aliphatic rings. The van der Waals surface area contributed by atoms with Gasteiger partial charge in [0, 0.05) is 13.2 Å². The summed E-state index contributed by atoms with van der Waals surface area (Å²) in [6.07, 6.45) is 15.1. The van der Waals surface area contributed by atoms with Crippen molar-refractivity contribution in [2.24, 2.45) is 52.3 Å². The molecule has 0 spiro atoms. The lowest BCUT2D eigenvalue weighted by Crippen LogP contribution is -2.56. The van der Waals surface area contributed by atoms with Crippen LogP contribution >= 0.6 is 0 Å². The number of rotatable bonds is 7. The summed E-state index contributed by atoms with van der Waals surface area (Å²) in [5, 5.41) is 11.2. The molecule has 1 N–H and O–H groups in total. The van der Waals surface area contributed by atoms with Crippen LogP contribution in [0.3, 0.4) is 0 Å². The molecule has 228 valence electrons. The topological polar surface area (TPSA) is 55.8 Å². The molecular formula is C37H56O4. The number of fused-ring (bicyclic) bond motifs is 5. The highest BCUT2D eigenvalue weighted by atomic mass is 16.5. The average molecular weight is 565 g/mol. The number of hydrogen-bond acceptors (Lipinski definition) is 4. The summed E-state index contributed by atoms with van der Waals surface area (Å²) in [6, 6.07) is 9.59. The zero-order valence-electron chi connectivity index (χ0n) is 26.3. The number of carbonyl (C=O) groups is 1. The first-order chi connectivity index (χ1) is 19.7. The summed E-state index contributed by atoms with van der Waals surface area (Å²) in [4.78, 5) is 13.3. The second-order valence-corrected chi connectivity index (χ2v) is 15.6. The Morgan fingerprint density at radius 2 is 1.68 bits per heavy atom. The van der Waals surface area contributed by atoms with Gasteiger partial charge in [0.2, 0.25) is 0 Å². The van der Waals surface area contributed by atoms with Crippen molar-refractivity contribution in [1.82, 2.24) is 0 Å². The van der Waals surface area contributed by atoms with E-state index in [1.165, 1.54) is 44.9 Å². The molecule has 0 bridgehead atoms. The van der Waals surface area contributed by atoms with E-state index in [-0.39, 0.29) is 12.1 Å². The molecule has 4 nitrogen and oxygen atoms in total. The molecule has 1 heterocycles. The Balaban J connectivity index is 1.20. The van der Waals surface area contributed by atoms with Crippen LogP contribution in [0.1, 0.15) is 122 Å². The Morgan fingerprint density at radius 3 is 2.41 bits per heavy atom. The van der Waals surface area contributed by atoms with Gasteiger partial charge >= 0.3 is 5.97 Å². The Morgan fingerprint density at radius 1 is 0.951 bits per heavy atom. The third-order valence-corrected chi connectivity index (χ3v) is 13.9. The number of hydrogen-bond donors (Lipinski definition) is 1. The fourth-order valence-corrected chi connectivity index (χ4v) is 11.3. The van der Waals surface area contributed by atoms with Crippen LogP contribution in [0.2, 0.25) is 0 Å². The van der Waals surface area contributed by atoms with E-state index < -0.39 is 5.60 Å². The SMILES string of the molecule is CC[C@]1(O)CCC2(C)[C@@H](CCC3[C@@H]2CC[C@]2(C)[C@@H]([C@H](C)[C@H](CC4CCOCC4)OC(=O)c4ccccc4)CC[C@@H]32)C1. The van der Waals surface area contributed by atoms with E-state index in [0.29, 0.717) is 40.1 Å². The maximum atomic E-state index is 13.3. The van der Waals surface area contributed by atoms with Crippen molar-refractivity contribution in [2.75, 3.05) is 13.2 Å². The van der Waals surface area contributed by atoms with Crippen molar-refractivity contribution in [3.8, 4) is 0 Å². The van der Waals surface area contributed by atoms with Gasteiger partial charge < -0.3 is 14.6 Å². The third-order valence-electron chi connectivity index (χ3n) is 13.9. The maximum Gasteiger partial charge on any atom is 0.338 e. The molecule has 1 aliphatic heterocycles. The quantitative estimate of drug-likeness (QED) is 0.338. The van der Waals surface area contributed by atoms with Crippen LogP contribution in [-0.2, 0) is 9.47 Å². The summed E-state index contributed by atoms with van der Waals surface area (Å²) in [6.45, 7) is 11.5. The van der Waals surface area contributed by atoms with Crippen LogP contribution in [0.15, 0.2) is 30.3 Å². The summed E-state index contributed by atoms with van der Waals surface area (Å²) in [7, 11) is 0. The summed E-state index contributed by atoms with van der Waals surface area (Å²) in [5.41, 5.74) is 0.965. The van der Waals surface area contributed by atoms with Crippen molar-refractivity contribution in [1.29, 1.82) is 0 Å². The van der Waals surface area contributed by atoms with Crippen molar-refractivity contribution in [2.45, 2.75) is 123 Å². The first-order valence-electron chi connectivity index (χ1n) is 17.2. The van der Waals surface area contributed by atoms with Gasteiger partial charge in [-0.05, 0) is 148 Å². The number of benzene rings is 1. The van der Waals surface area contributed by atoms with Gasteiger partial charge in [-0.1, -0.05) is 45.9 Å². The van der Waals surface area contributed by atoms with Gasteiger partial charge in [0.1, 0.15) is 6.10 Å². The van der Waals surface area contributed by atoms with Crippen molar-refractivity contribution in [3.63, 3.8) is 0 Å². The minimum Gasteiger partial charge on any atom is -0.458 e. The molecule has 2 unspecified atom stereocenters. The van der Waals surface area contributed by atoms with Gasteiger partial charge in [-0.2, -0.15) is 0 Å². The largest absolute Gasteiger partial charge is 0.458 e. The van der Waals surface area contributed by atoms with Gasteiger partial charge in [0.05, 0.1) is 11.2 Å². The van der Waals surface area contributed by atoms with Crippen LogP contribution in [0.4, 0.5) is 0 Å². The smallest absolute Gasteiger partial charge is 0.338 e. The predicted molar refractivity (Wildman–Crippen MR) is 163 cm³/mol. The Hall–Kier alpha value is -1.39. The Kier molecular flexibility index (Phi) is 8.40. The van der Waals surface area contributed by atoms with Crippen LogP contribution < -0.4 is 0 Å². The molecule has 0 aromatic heterocycles. The lowest BCUT2D eigenvalue weighted by atomic mass is 9.43. The molecule has 5 fully saturated rings. The van der Waals surface area contributed by atoms with E-state index in [4.69, 9.17) is 9.47 Å². The van der Waals surface area contributed by atoms with Crippen LogP contribution in [0.5, 0.6) is 0 Å². The number of aliphatic hydroxyl groups is 1. The van der Waals surface area contributed by atoms with E-state index in [2.05, 4.69) is 27.7 Å². The van der Waals surface area contributed by atoms with Crippen molar-refractivity contribution >= 4 is 5.97 Å². The molecule has 4 heteroatoms. The molecule has 4 aliphatic carbocycles. The molecule has 10 atom stereocenters. The lowest BCUT2D eigenvalue weighted by molar-refractivity contribution is -0.154. The van der Waals surface area contributed by atoms with Gasteiger partial charge in [-0.25, -0.2) is 4.79 Å². The lowest BCUT2D eigenvalue weighted by Gasteiger charge is -2.62. The van der Waals surface area contributed by atoms with E-state index >= 15 is 0 Å². The fourth-order valence-electron chi connectivity index (χ4n) is 11.3. The molecule has 0 radical (unpaired) electrons. The highest BCUT2D eigenvalue weighted by Gasteiger charge is 2.62. The highest BCUT2D eigenvalue weighted by Crippen LogP contribution is 2.69. The average Bonchev–Trinajstić information content (AvgIpc) is 3.35. The zero-order chi connectivity index (χ0) is 28.8. The minimum absolute atomic E-state index is 0.0394. The monoisotopic (exact) mass is 564 g/mol. The molecular weight excluding hydrogens is 508 g/mol. The number of ether oxygens (including phenoxy) is 2. The van der Waals surface area contributed by atoms with Crippen LogP contribution in [0.25, 0.3) is 0 Å². The van der Waals surface area contributed by atoms with E-state index in [1.807, 2.05) is 30.3 Å². The first-order valence-corrected chi connectivity index (χ1v) is 17.2. The standard InChI is InChI=1S/C37H56O4/c1-5-37(39)20-19-35(3)28(24-37)11-12-29-31-14-13-30(36(31,4)18-15-32(29)35)25(2)33(23-26-16-21-40-22-17-26)41-34(38)27-9-7-6-8-10-27/h6-10,25-26,28-33,39H,5,11-24H2,1-4H3/t25-,28-,29?,30+,31-,32-,33-,35?,36+,37-/m0/s1. The molecule has 1 aromatic carbocycles. The van der Waals surface area contributed by atoms with Crippen molar-refractivity contribution < 1.29 is 19.4 Å². The maximum absolute atomic E-state index is 13.3. The minimum atomic E-state index is -0.426. The number of esters is 1. The Labute approximate surface area is 249 Å². The van der Waals surface area contributed by atoms with E-state index in [9.17, 15) is 9.90 Å². The normalized spacial score (nSPS) is 42.4. The van der Waals surface area contributed by atoms with Gasteiger partial charge in [-0.3, -0.25) is 0 Å². The molecule has 4 saturated carbocycles.